The highest BCUT2D eigenvalue weighted by Gasteiger charge is 2.36. The quantitative estimate of drug-likeness (QED) is 0.641. The highest BCUT2D eigenvalue weighted by molar-refractivity contribution is 6.02. The number of halogens is 5. The van der Waals surface area contributed by atoms with Crippen LogP contribution in [0.4, 0.5) is 27.6 Å². The van der Waals surface area contributed by atoms with Crippen LogP contribution in [0.3, 0.4) is 0 Å². The number of anilines is 1. The summed E-state index contributed by atoms with van der Waals surface area (Å²) >= 11 is 0. The molecule has 138 valence electrons. The zero-order valence-corrected chi connectivity index (χ0v) is 13.5. The van der Waals surface area contributed by atoms with Crippen molar-refractivity contribution >= 4 is 17.6 Å². The van der Waals surface area contributed by atoms with Crippen LogP contribution in [0.15, 0.2) is 30.3 Å². The predicted octanol–water partition coefficient (Wildman–Crippen LogP) is 4.40. The Kier molecular flexibility index (Phi) is 5.29. The van der Waals surface area contributed by atoms with E-state index < -0.39 is 51.9 Å². The van der Waals surface area contributed by atoms with E-state index in [0.717, 1.165) is 32.2 Å². The number of nitrogens with one attached hydrogen (secondary N) is 1. The number of carbonyl (C=O) groups excluding carboxylic acids is 2. The van der Waals surface area contributed by atoms with Crippen LogP contribution >= 0.6 is 0 Å². The maximum atomic E-state index is 14.0. The SMILES string of the molecule is COC(=O)c1cc(C(F)(F)F)c(-c2ccc(F)cc2F)cc1NC(C)=O. The van der Waals surface area contributed by atoms with Crippen molar-refractivity contribution in [1.29, 1.82) is 0 Å². The van der Waals surface area contributed by atoms with Crippen LogP contribution in [0, 0.1) is 11.6 Å². The van der Waals surface area contributed by atoms with Gasteiger partial charge in [0, 0.05) is 18.6 Å². The molecular weight excluding hydrogens is 361 g/mol. The van der Waals surface area contributed by atoms with Gasteiger partial charge in [-0.15, -0.1) is 0 Å². The topological polar surface area (TPSA) is 55.4 Å². The number of carbonyl (C=O) groups is 2. The minimum atomic E-state index is -4.95. The molecule has 0 fully saturated rings. The molecule has 0 saturated heterocycles. The lowest BCUT2D eigenvalue weighted by molar-refractivity contribution is -0.137. The van der Waals surface area contributed by atoms with Crippen LogP contribution in [0.1, 0.15) is 22.8 Å². The third-order valence-corrected chi connectivity index (χ3v) is 3.40. The summed E-state index contributed by atoms with van der Waals surface area (Å²) in [5, 5.41) is 2.20. The van der Waals surface area contributed by atoms with E-state index >= 15 is 0 Å². The van der Waals surface area contributed by atoms with Gasteiger partial charge in [0.1, 0.15) is 11.6 Å². The average Bonchev–Trinajstić information content (AvgIpc) is 2.52. The van der Waals surface area contributed by atoms with Gasteiger partial charge in [-0.2, -0.15) is 13.2 Å². The molecule has 4 nitrogen and oxygen atoms in total. The molecule has 0 saturated carbocycles. The Hall–Kier alpha value is -2.97. The summed E-state index contributed by atoms with van der Waals surface area (Å²) in [7, 11) is 0.959. The number of ether oxygens (including phenoxy) is 1. The highest BCUT2D eigenvalue weighted by Crippen LogP contribution is 2.41. The number of amides is 1. The summed E-state index contributed by atoms with van der Waals surface area (Å²) < 4.78 is 71.9. The summed E-state index contributed by atoms with van der Waals surface area (Å²) in [6.07, 6.45) is -4.95. The smallest absolute Gasteiger partial charge is 0.417 e. The lowest BCUT2D eigenvalue weighted by Crippen LogP contribution is -2.16. The molecule has 0 heterocycles. The molecule has 26 heavy (non-hydrogen) atoms. The zero-order chi connectivity index (χ0) is 19.6. The average molecular weight is 373 g/mol. The monoisotopic (exact) mass is 373 g/mol. The van der Waals surface area contributed by atoms with Crippen molar-refractivity contribution in [3.8, 4) is 11.1 Å². The van der Waals surface area contributed by atoms with E-state index in [-0.39, 0.29) is 5.69 Å². The Morgan fingerprint density at radius 2 is 1.69 bits per heavy atom. The van der Waals surface area contributed by atoms with Gasteiger partial charge in [-0.1, -0.05) is 0 Å². The normalized spacial score (nSPS) is 11.2. The van der Waals surface area contributed by atoms with E-state index in [4.69, 9.17) is 0 Å². The number of rotatable bonds is 3. The van der Waals surface area contributed by atoms with Crippen molar-refractivity contribution < 1.29 is 36.3 Å². The fraction of sp³-hybridized carbons (Fsp3) is 0.176. The van der Waals surface area contributed by atoms with Crippen LogP contribution in [-0.2, 0) is 15.7 Å². The fourth-order valence-electron chi connectivity index (χ4n) is 2.34. The first-order valence-corrected chi connectivity index (χ1v) is 7.11. The Morgan fingerprint density at radius 1 is 1.04 bits per heavy atom. The minimum Gasteiger partial charge on any atom is -0.465 e. The van der Waals surface area contributed by atoms with E-state index in [1.807, 2.05) is 0 Å². The van der Waals surface area contributed by atoms with E-state index in [2.05, 4.69) is 10.1 Å². The van der Waals surface area contributed by atoms with Crippen molar-refractivity contribution in [2.24, 2.45) is 0 Å². The van der Waals surface area contributed by atoms with Crippen LogP contribution in [0.5, 0.6) is 0 Å². The van der Waals surface area contributed by atoms with Crippen LogP contribution in [-0.4, -0.2) is 19.0 Å². The van der Waals surface area contributed by atoms with Gasteiger partial charge in [0.2, 0.25) is 5.91 Å². The highest BCUT2D eigenvalue weighted by atomic mass is 19.4. The molecule has 1 amide bonds. The molecule has 0 unspecified atom stereocenters. The first-order chi connectivity index (χ1) is 12.0. The molecular formula is C17H12F5NO3. The second-order valence-corrected chi connectivity index (χ2v) is 5.24. The molecule has 9 heteroatoms. The summed E-state index contributed by atoms with van der Waals surface area (Å²) in [6.45, 7) is 1.08. The third kappa shape index (κ3) is 3.98. The first-order valence-electron chi connectivity index (χ1n) is 7.11. The van der Waals surface area contributed by atoms with Gasteiger partial charge in [-0.05, 0) is 29.8 Å². The van der Waals surface area contributed by atoms with Gasteiger partial charge >= 0.3 is 12.1 Å². The van der Waals surface area contributed by atoms with E-state index in [9.17, 15) is 31.5 Å². The molecule has 2 aromatic rings. The second-order valence-electron chi connectivity index (χ2n) is 5.24. The largest absolute Gasteiger partial charge is 0.465 e. The number of esters is 1. The zero-order valence-electron chi connectivity index (χ0n) is 13.5. The molecule has 1 N–H and O–H groups in total. The van der Waals surface area contributed by atoms with E-state index in [1.54, 1.807) is 0 Å². The molecule has 0 aliphatic heterocycles. The molecule has 0 bridgehead atoms. The fourth-order valence-corrected chi connectivity index (χ4v) is 2.34. The van der Waals surface area contributed by atoms with Crippen molar-refractivity contribution in [1.82, 2.24) is 0 Å². The Morgan fingerprint density at radius 3 is 2.19 bits per heavy atom. The van der Waals surface area contributed by atoms with Gasteiger partial charge < -0.3 is 10.1 Å². The van der Waals surface area contributed by atoms with Crippen molar-refractivity contribution in [3.63, 3.8) is 0 Å². The molecule has 0 aliphatic rings. The minimum absolute atomic E-state index is 0.295. The van der Waals surface area contributed by atoms with E-state index in [0.29, 0.717) is 12.1 Å². The molecule has 0 aromatic heterocycles. The third-order valence-electron chi connectivity index (χ3n) is 3.40. The molecule has 2 aromatic carbocycles. The standard InChI is InChI=1S/C17H12F5NO3/c1-8(24)23-15-7-11(10-4-3-9(18)5-14(10)19)13(17(20,21)22)6-12(15)16(25)26-2/h3-7H,1-2H3,(H,23,24). The summed E-state index contributed by atoms with van der Waals surface area (Å²) in [5.74, 6) is -3.98. The van der Waals surface area contributed by atoms with Crippen molar-refractivity contribution in [3.05, 3.63) is 53.1 Å². The van der Waals surface area contributed by atoms with Crippen LogP contribution in [0.25, 0.3) is 11.1 Å². The maximum absolute atomic E-state index is 14.0. The van der Waals surface area contributed by atoms with Crippen LogP contribution in [0.2, 0.25) is 0 Å². The van der Waals surface area contributed by atoms with Gasteiger partial charge in [-0.3, -0.25) is 4.79 Å². The Bertz CT molecular complexity index is 877. The lowest BCUT2D eigenvalue weighted by atomic mass is 9.95. The Labute approximate surface area is 144 Å². The summed E-state index contributed by atoms with van der Waals surface area (Å²) in [4.78, 5) is 23.1. The second kappa shape index (κ2) is 7.11. The van der Waals surface area contributed by atoms with E-state index in [1.165, 1.54) is 0 Å². The molecule has 0 radical (unpaired) electrons. The van der Waals surface area contributed by atoms with Gasteiger partial charge in [-0.25, -0.2) is 13.6 Å². The Balaban J connectivity index is 2.84. The van der Waals surface area contributed by atoms with Crippen LogP contribution < -0.4 is 5.32 Å². The molecule has 0 atom stereocenters. The van der Waals surface area contributed by atoms with Gasteiger partial charge in [0.15, 0.2) is 0 Å². The summed E-state index contributed by atoms with van der Waals surface area (Å²) in [6, 6.07) is 3.32. The van der Waals surface area contributed by atoms with Gasteiger partial charge in [0.25, 0.3) is 0 Å². The number of benzene rings is 2. The summed E-state index contributed by atoms with van der Waals surface area (Å²) in [5.41, 5.74) is -3.39. The number of hydrogen-bond donors (Lipinski definition) is 1. The lowest BCUT2D eigenvalue weighted by Gasteiger charge is -2.18. The predicted molar refractivity (Wildman–Crippen MR) is 82.4 cm³/mol. The molecule has 0 spiro atoms. The number of alkyl halides is 3. The molecule has 2 rings (SSSR count). The maximum Gasteiger partial charge on any atom is 0.417 e. The number of hydrogen-bond acceptors (Lipinski definition) is 3. The first kappa shape index (κ1) is 19.4. The van der Waals surface area contributed by atoms with Gasteiger partial charge in [0.05, 0.1) is 23.9 Å². The van der Waals surface area contributed by atoms with Crippen molar-refractivity contribution in [2.75, 3.05) is 12.4 Å². The number of methoxy groups -OCH3 is 1. The molecule has 0 aliphatic carbocycles. The van der Waals surface area contributed by atoms with Crippen molar-refractivity contribution in [2.45, 2.75) is 13.1 Å².